The molecule has 0 amide bonds. The molecule has 2 nitrogen and oxygen atoms in total. The summed E-state index contributed by atoms with van der Waals surface area (Å²) in [4.78, 5) is 0. The average molecular weight is 352 g/mol. The monoisotopic (exact) mass is 351 g/mol. The number of benzene rings is 2. The lowest BCUT2D eigenvalue weighted by Crippen LogP contribution is -2.19. The van der Waals surface area contributed by atoms with Crippen molar-refractivity contribution in [2.75, 3.05) is 12.4 Å². The van der Waals surface area contributed by atoms with Gasteiger partial charge in [-0.3, -0.25) is 0 Å². The number of anilines is 1. The minimum absolute atomic E-state index is 0.167. The van der Waals surface area contributed by atoms with Crippen LogP contribution in [0.2, 0.25) is 0 Å². The lowest BCUT2D eigenvalue weighted by atomic mass is 10.1. The van der Waals surface area contributed by atoms with Crippen LogP contribution in [0.1, 0.15) is 18.1 Å². The van der Waals surface area contributed by atoms with Gasteiger partial charge in [0.05, 0.1) is 11.6 Å². The number of ether oxygens (including phenoxy) is 1. The fourth-order valence-corrected chi connectivity index (χ4v) is 2.78. The highest BCUT2D eigenvalue weighted by atomic mass is 79.9. The third kappa shape index (κ3) is 3.97. The van der Waals surface area contributed by atoms with E-state index in [0.29, 0.717) is 4.47 Å². The minimum Gasteiger partial charge on any atom is -0.496 e. The molecule has 0 saturated heterocycles. The summed E-state index contributed by atoms with van der Waals surface area (Å²) in [5.41, 5.74) is 2.96. The van der Waals surface area contributed by atoms with Gasteiger partial charge in [0.25, 0.3) is 0 Å². The molecule has 1 N–H and O–H groups in total. The van der Waals surface area contributed by atoms with Crippen molar-refractivity contribution in [3.05, 3.63) is 57.8 Å². The second-order valence-corrected chi connectivity index (χ2v) is 6.00. The molecule has 112 valence electrons. The lowest BCUT2D eigenvalue weighted by molar-refractivity contribution is 0.409. The van der Waals surface area contributed by atoms with Gasteiger partial charge in [0.1, 0.15) is 11.6 Å². The number of hydrogen-bond donors (Lipinski definition) is 1. The third-order valence-corrected chi connectivity index (χ3v) is 4.00. The number of methoxy groups -OCH3 is 1. The van der Waals surface area contributed by atoms with E-state index in [0.717, 1.165) is 29.0 Å². The van der Waals surface area contributed by atoms with Gasteiger partial charge in [-0.1, -0.05) is 18.2 Å². The maximum absolute atomic E-state index is 13.6. The average Bonchev–Trinajstić information content (AvgIpc) is 2.45. The predicted molar refractivity (Wildman–Crippen MR) is 88.6 cm³/mol. The first-order valence-corrected chi connectivity index (χ1v) is 7.64. The summed E-state index contributed by atoms with van der Waals surface area (Å²) in [6.07, 6.45) is 0.807. The molecule has 0 bridgehead atoms. The molecule has 2 rings (SSSR count). The van der Waals surface area contributed by atoms with Crippen molar-refractivity contribution < 1.29 is 9.13 Å². The predicted octanol–water partition coefficient (Wildman–Crippen LogP) is 4.95. The molecule has 2 aromatic carbocycles. The molecule has 0 fully saturated rings. The third-order valence-electron chi connectivity index (χ3n) is 3.39. The molecule has 4 heteroatoms. The first-order chi connectivity index (χ1) is 10.0. The van der Waals surface area contributed by atoms with Crippen molar-refractivity contribution in [2.45, 2.75) is 26.3 Å². The normalized spacial score (nSPS) is 12.0. The van der Waals surface area contributed by atoms with Crippen LogP contribution in [0.4, 0.5) is 10.1 Å². The highest BCUT2D eigenvalue weighted by Crippen LogP contribution is 2.26. The van der Waals surface area contributed by atoms with Crippen molar-refractivity contribution in [1.29, 1.82) is 0 Å². The molecular weight excluding hydrogens is 333 g/mol. The summed E-state index contributed by atoms with van der Waals surface area (Å²) in [6.45, 7) is 4.04. The molecule has 1 atom stereocenters. The summed E-state index contributed by atoms with van der Waals surface area (Å²) in [7, 11) is 1.67. The molecule has 1 unspecified atom stereocenters. The summed E-state index contributed by atoms with van der Waals surface area (Å²) < 4.78 is 19.5. The van der Waals surface area contributed by atoms with E-state index in [1.807, 2.05) is 31.2 Å². The first-order valence-electron chi connectivity index (χ1n) is 6.85. The Morgan fingerprint density at radius 3 is 2.71 bits per heavy atom. The molecule has 0 spiro atoms. The maximum atomic E-state index is 13.6. The highest BCUT2D eigenvalue weighted by Gasteiger charge is 2.11. The second kappa shape index (κ2) is 6.94. The van der Waals surface area contributed by atoms with E-state index in [1.165, 1.54) is 6.07 Å². The van der Waals surface area contributed by atoms with Gasteiger partial charge in [-0.05, 0) is 65.5 Å². The molecule has 2 aromatic rings. The van der Waals surface area contributed by atoms with E-state index >= 15 is 0 Å². The molecule has 21 heavy (non-hydrogen) atoms. The first kappa shape index (κ1) is 15.8. The topological polar surface area (TPSA) is 21.3 Å². The molecule has 0 radical (unpaired) electrons. The van der Waals surface area contributed by atoms with Gasteiger partial charge in [0.2, 0.25) is 0 Å². The van der Waals surface area contributed by atoms with Crippen molar-refractivity contribution in [3.63, 3.8) is 0 Å². The zero-order valence-electron chi connectivity index (χ0n) is 12.4. The smallest absolute Gasteiger partial charge is 0.139 e. The van der Waals surface area contributed by atoms with Gasteiger partial charge < -0.3 is 10.1 Å². The van der Waals surface area contributed by atoms with Crippen LogP contribution in [-0.2, 0) is 6.42 Å². The molecule has 0 saturated carbocycles. The Morgan fingerprint density at radius 2 is 2.00 bits per heavy atom. The van der Waals surface area contributed by atoms with Crippen molar-refractivity contribution in [1.82, 2.24) is 0 Å². The van der Waals surface area contributed by atoms with Gasteiger partial charge in [-0.2, -0.15) is 0 Å². The Hall–Kier alpha value is -1.55. The summed E-state index contributed by atoms with van der Waals surface area (Å²) in [5, 5.41) is 3.36. The standard InChI is InChI=1S/C17H19BrFNO/c1-11-8-14(18)15(19)10-16(11)20-12(2)9-13-6-4-5-7-17(13)21-3/h4-8,10,12,20H,9H2,1-3H3. The van der Waals surface area contributed by atoms with E-state index in [9.17, 15) is 4.39 Å². The number of hydrogen-bond acceptors (Lipinski definition) is 2. The van der Waals surface area contributed by atoms with Crippen LogP contribution >= 0.6 is 15.9 Å². The van der Waals surface area contributed by atoms with Crippen LogP contribution in [0.3, 0.4) is 0 Å². The van der Waals surface area contributed by atoms with Crippen LogP contribution < -0.4 is 10.1 Å². The van der Waals surface area contributed by atoms with E-state index in [4.69, 9.17) is 4.74 Å². The van der Waals surface area contributed by atoms with Gasteiger partial charge >= 0.3 is 0 Å². The second-order valence-electron chi connectivity index (χ2n) is 5.14. The number of rotatable bonds is 5. The number of nitrogens with one attached hydrogen (secondary N) is 1. The highest BCUT2D eigenvalue weighted by molar-refractivity contribution is 9.10. The Labute approximate surface area is 133 Å². The Kier molecular flexibility index (Phi) is 5.23. The summed E-state index contributed by atoms with van der Waals surface area (Å²) >= 11 is 3.20. The van der Waals surface area contributed by atoms with E-state index in [-0.39, 0.29) is 11.9 Å². The molecule has 0 aliphatic heterocycles. The van der Waals surface area contributed by atoms with Crippen LogP contribution in [0.25, 0.3) is 0 Å². The van der Waals surface area contributed by atoms with Crippen LogP contribution in [0.5, 0.6) is 5.75 Å². The summed E-state index contributed by atoms with van der Waals surface area (Å²) in [6, 6.07) is 11.4. The van der Waals surface area contributed by atoms with Gasteiger partial charge in [0.15, 0.2) is 0 Å². The number of halogens is 2. The fraction of sp³-hybridized carbons (Fsp3) is 0.294. The van der Waals surface area contributed by atoms with Crippen LogP contribution in [-0.4, -0.2) is 13.2 Å². The number of para-hydroxylation sites is 1. The maximum Gasteiger partial charge on any atom is 0.139 e. The minimum atomic E-state index is -0.257. The lowest BCUT2D eigenvalue weighted by Gasteiger charge is -2.19. The zero-order valence-corrected chi connectivity index (χ0v) is 14.0. The van der Waals surface area contributed by atoms with Gasteiger partial charge in [-0.15, -0.1) is 0 Å². The van der Waals surface area contributed by atoms with Gasteiger partial charge in [-0.25, -0.2) is 4.39 Å². The Balaban J connectivity index is 2.12. The fourth-order valence-electron chi connectivity index (χ4n) is 2.32. The van der Waals surface area contributed by atoms with E-state index < -0.39 is 0 Å². The van der Waals surface area contributed by atoms with E-state index in [2.05, 4.69) is 28.2 Å². The summed E-state index contributed by atoms with van der Waals surface area (Å²) in [5.74, 6) is 0.623. The van der Waals surface area contributed by atoms with Crippen molar-refractivity contribution in [2.24, 2.45) is 0 Å². The van der Waals surface area contributed by atoms with Crippen LogP contribution in [0.15, 0.2) is 40.9 Å². The zero-order chi connectivity index (χ0) is 15.4. The SMILES string of the molecule is COc1ccccc1CC(C)Nc1cc(F)c(Br)cc1C. The van der Waals surface area contributed by atoms with Crippen molar-refractivity contribution >= 4 is 21.6 Å². The Morgan fingerprint density at radius 1 is 1.29 bits per heavy atom. The molecule has 0 aliphatic carbocycles. The molecule has 0 heterocycles. The Bertz CT molecular complexity index is 630. The molecule has 0 aliphatic rings. The van der Waals surface area contributed by atoms with Crippen LogP contribution in [0, 0.1) is 12.7 Å². The quantitative estimate of drug-likeness (QED) is 0.822. The van der Waals surface area contributed by atoms with E-state index in [1.54, 1.807) is 13.2 Å². The van der Waals surface area contributed by atoms with Crippen molar-refractivity contribution in [3.8, 4) is 5.75 Å². The molecular formula is C17H19BrFNO. The van der Waals surface area contributed by atoms with Gasteiger partial charge in [0, 0.05) is 11.7 Å². The number of aryl methyl sites for hydroxylation is 1. The molecule has 0 aromatic heterocycles. The largest absolute Gasteiger partial charge is 0.496 e.